The first-order valence-corrected chi connectivity index (χ1v) is 15.1. The van der Waals surface area contributed by atoms with Gasteiger partial charge in [-0.3, -0.25) is 19.4 Å². The molecule has 4 amide bonds. The van der Waals surface area contributed by atoms with Gasteiger partial charge in [-0.25, -0.2) is 13.2 Å². The minimum absolute atomic E-state index is 0. The van der Waals surface area contributed by atoms with Gasteiger partial charge in [0, 0.05) is 25.4 Å². The number of carbonyl (C=O) groups is 3. The molecule has 0 saturated carbocycles. The molecule has 2 aliphatic rings. The van der Waals surface area contributed by atoms with Crippen LogP contribution in [0.15, 0.2) is 85.3 Å². The number of hydrogen-bond acceptors (Lipinski definition) is 8. The van der Waals surface area contributed by atoms with E-state index in [0.29, 0.717) is 24.5 Å². The maximum atomic E-state index is 13.0. The smallest absolute Gasteiger partial charge is 0.748 e. The van der Waals surface area contributed by atoms with Crippen molar-refractivity contribution in [3.05, 3.63) is 85.3 Å². The van der Waals surface area contributed by atoms with Gasteiger partial charge in [-0.15, -0.1) is 0 Å². The number of benzene rings is 1. The summed E-state index contributed by atoms with van der Waals surface area (Å²) in [6.07, 6.45) is 12.4. The van der Waals surface area contributed by atoms with Crippen LogP contribution in [0.4, 0.5) is 10.5 Å². The van der Waals surface area contributed by atoms with E-state index < -0.39 is 33.7 Å². The molecule has 2 aliphatic heterocycles. The van der Waals surface area contributed by atoms with Gasteiger partial charge in [0.05, 0.1) is 15.8 Å². The Labute approximate surface area is 271 Å². The SMILES string of the molecule is C=CC=C.CCCCN1C(=O)C(=C/C=C/C=C2\Oc3ccccc3N2CCCS(=O)(=O)[O-])C(=O)N(CCCC)C1=O.[Na+]. The molecule has 0 aliphatic carbocycles. The zero-order valence-electron chi connectivity index (χ0n) is 24.7. The Morgan fingerprint density at radius 2 is 1.36 bits per heavy atom. The molecule has 1 aromatic rings. The van der Waals surface area contributed by atoms with Gasteiger partial charge < -0.3 is 14.2 Å². The number of ether oxygens (including phenoxy) is 1. The summed E-state index contributed by atoms with van der Waals surface area (Å²) in [5, 5.41) is 0. The molecule has 3 rings (SSSR count). The number of carbonyl (C=O) groups excluding carboxylic acids is 3. The first-order chi connectivity index (χ1) is 19.6. The summed E-state index contributed by atoms with van der Waals surface area (Å²) in [7, 11) is -4.33. The molecular weight excluding hydrogens is 569 g/mol. The third-order valence-electron chi connectivity index (χ3n) is 6.08. The number of hydrogen-bond donors (Lipinski definition) is 0. The fraction of sp³-hybridized carbons (Fsp3) is 0.367. The summed E-state index contributed by atoms with van der Waals surface area (Å²) in [6.45, 7) is 11.4. The molecule has 42 heavy (non-hydrogen) atoms. The van der Waals surface area contributed by atoms with Crippen LogP contribution in [-0.4, -0.2) is 66.0 Å². The minimum Gasteiger partial charge on any atom is -0.748 e. The van der Waals surface area contributed by atoms with Gasteiger partial charge in [0.15, 0.2) is 5.75 Å². The van der Waals surface area contributed by atoms with Crippen molar-refractivity contribution in [1.82, 2.24) is 9.80 Å². The van der Waals surface area contributed by atoms with E-state index in [1.807, 2.05) is 26.0 Å². The van der Waals surface area contributed by atoms with Crippen molar-refractivity contribution in [2.45, 2.75) is 46.0 Å². The Kier molecular flexibility index (Phi) is 16.4. The summed E-state index contributed by atoms with van der Waals surface area (Å²) in [5.41, 5.74) is 0.646. The Morgan fingerprint density at radius 1 is 0.833 bits per heavy atom. The molecule has 1 saturated heterocycles. The summed E-state index contributed by atoms with van der Waals surface area (Å²) in [4.78, 5) is 42.7. The Balaban J connectivity index is 0.00000165. The molecule has 0 atom stereocenters. The maximum absolute atomic E-state index is 13.0. The Bertz CT molecular complexity index is 1280. The third kappa shape index (κ3) is 10.7. The molecule has 0 unspecified atom stereocenters. The second-order valence-corrected chi connectivity index (χ2v) is 10.7. The van der Waals surface area contributed by atoms with Gasteiger partial charge in [0.1, 0.15) is 5.57 Å². The molecule has 1 aromatic carbocycles. The molecule has 10 nitrogen and oxygen atoms in total. The minimum atomic E-state index is -4.33. The van der Waals surface area contributed by atoms with Crippen LogP contribution in [0.2, 0.25) is 0 Å². The van der Waals surface area contributed by atoms with E-state index in [-0.39, 0.29) is 61.2 Å². The van der Waals surface area contributed by atoms with Gasteiger partial charge in [0.25, 0.3) is 11.8 Å². The van der Waals surface area contributed by atoms with Gasteiger partial charge in [0.2, 0.25) is 5.88 Å². The number of allylic oxidation sites excluding steroid dienone is 6. The van der Waals surface area contributed by atoms with E-state index in [1.165, 1.54) is 12.2 Å². The van der Waals surface area contributed by atoms with Crippen LogP contribution in [0.1, 0.15) is 46.0 Å². The summed E-state index contributed by atoms with van der Waals surface area (Å²) < 4.78 is 38.9. The number of imide groups is 2. The zero-order valence-corrected chi connectivity index (χ0v) is 27.5. The monoisotopic (exact) mass is 607 g/mol. The number of unbranched alkanes of at least 4 members (excludes halogenated alkanes) is 2. The number of para-hydroxylation sites is 2. The maximum Gasteiger partial charge on any atom is 1.00 e. The quantitative estimate of drug-likeness (QED) is 0.109. The van der Waals surface area contributed by atoms with E-state index in [0.717, 1.165) is 28.3 Å². The standard InChI is InChI=1S/C26H33N3O7S.C4H6.Na/c1-3-5-16-28-24(30)20(25(31)29(26(28)32)17-6-4-2)12-7-10-15-23-27(18-11-19-37(33,34)35)21-13-8-9-14-22(21)36-23;1-3-4-2;/h7-10,12-15H,3-6,11,16-19H2,1-2H3,(H,33,34,35);3-4H,1-2H2;/q;;+1/p-1/b10-7+,23-15-;;. The average Bonchev–Trinajstić information content (AvgIpc) is 3.29. The van der Waals surface area contributed by atoms with E-state index in [2.05, 4.69) is 13.2 Å². The number of amides is 4. The number of rotatable bonds is 13. The summed E-state index contributed by atoms with van der Waals surface area (Å²) >= 11 is 0. The molecule has 0 radical (unpaired) electrons. The predicted octanol–water partition coefficient (Wildman–Crippen LogP) is 1.90. The van der Waals surface area contributed by atoms with Crippen molar-refractivity contribution in [2.75, 3.05) is 30.3 Å². The number of barbiturate groups is 1. The second-order valence-electron chi connectivity index (χ2n) is 9.18. The van der Waals surface area contributed by atoms with Crippen molar-refractivity contribution in [3.8, 4) is 5.75 Å². The van der Waals surface area contributed by atoms with Crippen molar-refractivity contribution >= 4 is 33.7 Å². The normalized spacial score (nSPS) is 15.7. The first-order valence-electron chi connectivity index (χ1n) is 13.6. The fourth-order valence-corrected chi connectivity index (χ4v) is 4.45. The topological polar surface area (TPSA) is 127 Å². The van der Waals surface area contributed by atoms with Crippen LogP contribution in [-0.2, 0) is 19.7 Å². The van der Waals surface area contributed by atoms with Gasteiger partial charge in [-0.1, -0.05) is 76.3 Å². The molecule has 1 fully saturated rings. The molecule has 2 heterocycles. The van der Waals surface area contributed by atoms with Crippen LogP contribution in [0.5, 0.6) is 5.75 Å². The second kappa shape index (κ2) is 18.6. The van der Waals surface area contributed by atoms with Crippen LogP contribution in [0, 0.1) is 0 Å². The fourth-order valence-electron chi connectivity index (χ4n) is 3.97. The first kappa shape index (κ1) is 37.1. The third-order valence-corrected chi connectivity index (χ3v) is 6.86. The van der Waals surface area contributed by atoms with Gasteiger partial charge in [-0.05, 0) is 43.5 Å². The van der Waals surface area contributed by atoms with E-state index >= 15 is 0 Å². The number of fused-ring (bicyclic) bond motifs is 1. The summed E-state index contributed by atoms with van der Waals surface area (Å²) in [6, 6.07) is 6.63. The molecule has 0 spiro atoms. The van der Waals surface area contributed by atoms with E-state index in [9.17, 15) is 27.4 Å². The number of nitrogens with zero attached hydrogens (tertiary/aromatic N) is 3. The van der Waals surface area contributed by atoms with Crippen LogP contribution >= 0.6 is 0 Å². The average molecular weight is 608 g/mol. The van der Waals surface area contributed by atoms with Crippen LogP contribution in [0.3, 0.4) is 0 Å². The molecule has 0 aromatic heterocycles. The van der Waals surface area contributed by atoms with Crippen molar-refractivity contribution in [3.63, 3.8) is 0 Å². The number of anilines is 1. The van der Waals surface area contributed by atoms with Crippen LogP contribution < -0.4 is 39.2 Å². The van der Waals surface area contributed by atoms with E-state index in [1.54, 1.807) is 41.3 Å². The zero-order chi connectivity index (χ0) is 30.4. The molecule has 222 valence electrons. The predicted molar refractivity (Wildman–Crippen MR) is 158 cm³/mol. The van der Waals surface area contributed by atoms with Gasteiger partial charge in [-0.2, -0.15) is 0 Å². The van der Waals surface area contributed by atoms with Crippen LogP contribution in [0.25, 0.3) is 0 Å². The van der Waals surface area contributed by atoms with Gasteiger partial charge >= 0.3 is 35.6 Å². The van der Waals surface area contributed by atoms with E-state index in [4.69, 9.17) is 4.74 Å². The van der Waals surface area contributed by atoms with Crippen molar-refractivity contribution in [2.24, 2.45) is 0 Å². The van der Waals surface area contributed by atoms with Crippen molar-refractivity contribution < 1.29 is 61.6 Å². The molecule has 12 heteroatoms. The molecule has 0 N–H and O–H groups in total. The number of urea groups is 1. The molecule has 0 bridgehead atoms. The largest absolute Gasteiger partial charge is 1.00 e. The Morgan fingerprint density at radius 3 is 1.88 bits per heavy atom. The Hall–Kier alpha value is -2.96. The van der Waals surface area contributed by atoms with Crippen molar-refractivity contribution in [1.29, 1.82) is 0 Å². The summed E-state index contributed by atoms with van der Waals surface area (Å²) in [5.74, 6) is -0.728. The molecular formula is C30H38N3NaO7S.